The molecule has 1 fully saturated rings. The van der Waals surface area contributed by atoms with E-state index >= 15 is 0 Å². The highest BCUT2D eigenvalue weighted by atomic mass is 15.2. The Labute approximate surface area is 148 Å². The number of nitrogens with zero attached hydrogens (tertiary/aromatic N) is 3. The smallest absolute Gasteiger partial charge is 0.0529 e. The van der Waals surface area contributed by atoms with E-state index in [1.165, 1.54) is 53.7 Å². The Kier molecular flexibility index (Phi) is 3.49. The molecule has 25 heavy (non-hydrogen) atoms. The molecular weight excluding hydrogens is 306 g/mol. The van der Waals surface area contributed by atoms with Crippen molar-refractivity contribution in [1.82, 2.24) is 14.5 Å². The third-order valence-corrected chi connectivity index (χ3v) is 5.76. The Morgan fingerprint density at radius 1 is 1.12 bits per heavy atom. The molecule has 4 heterocycles. The van der Waals surface area contributed by atoms with Gasteiger partial charge in [-0.3, -0.25) is 9.88 Å². The van der Waals surface area contributed by atoms with Crippen molar-refractivity contribution in [1.29, 1.82) is 0 Å². The Hall–Kier alpha value is -2.39. The standard InChI is InChI=1S/C22H23N3/c1-16-4-5-19-18(15-16)22-20-3-2-12-24(20)13-9-21(22)25(19)14-8-17-6-10-23-11-7-17/h4-8,10-11,14-15,20H,2-3,9,12-13H2,1H3/b14-8+. The van der Waals surface area contributed by atoms with Crippen LogP contribution in [-0.2, 0) is 6.42 Å². The van der Waals surface area contributed by atoms with Crippen molar-refractivity contribution in [3.63, 3.8) is 0 Å². The zero-order chi connectivity index (χ0) is 16.8. The monoisotopic (exact) mass is 329 g/mol. The van der Waals surface area contributed by atoms with Crippen LogP contribution in [0, 0.1) is 6.92 Å². The molecule has 5 rings (SSSR count). The summed E-state index contributed by atoms with van der Waals surface area (Å²) in [5.74, 6) is 0. The van der Waals surface area contributed by atoms with E-state index in [-0.39, 0.29) is 0 Å². The maximum atomic E-state index is 4.11. The molecule has 1 aromatic carbocycles. The average Bonchev–Trinajstić information content (AvgIpc) is 3.22. The maximum absolute atomic E-state index is 4.11. The average molecular weight is 329 g/mol. The van der Waals surface area contributed by atoms with Crippen LogP contribution in [-0.4, -0.2) is 27.5 Å². The summed E-state index contributed by atoms with van der Waals surface area (Å²) in [6.45, 7) is 4.65. The summed E-state index contributed by atoms with van der Waals surface area (Å²) in [4.78, 5) is 6.79. The van der Waals surface area contributed by atoms with Gasteiger partial charge in [0.05, 0.1) is 5.52 Å². The van der Waals surface area contributed by atoms with Crippen LogP contribution in [0.5, 0.6) is 0 Å². The summed E-state index contributed by atoms with van der Waals surface area (Å²) in [6, 6.07) is 11.6. The lowest BCUT2D eigenvalue weighted by molar-refractivity contribution is 0.243. The fraction of sp³-hybridized carbons (Fsp3) is 0.318. The van der Waals surface area contributed by atoms with Gasteiger partial charge in [-0.05, 0) is 67.8 Å². The first kappa shape index (κ1) is 14.9. The lowest BCUT2D eigenvalue weighted by Gasteiger charge is -2.30. The molecule has 2 aliphatic heterocycles. The number of hydrogen-bond donors (Lipinski definition) is 0. The van der Waals surface area contributed by atoms with Gasteiger partial charge in [0, 0.05) is 48.7 Å². The molecule has 0 spiro atoms. The molecule has 2 aliphatic rings. The predicted octanol–water partition coefficient (Wildman–Crippen LogP) is 4.67. The van der Waals surface area contributed by atoms with Crippen molar-refractivity contribution in [3.8, 4) is 0 Å². The highest BCUT2D eigenvalue weighted by molar-refractivity contribution is 5.89. The fourth-order valence-corrected chi connectivity index (χ4v) is 4.61. The topological polar surface area (TPSA) is 21.1 Å². The summed E-state index contributed by atoms with van der Waals surface area (Å²) >= 11 is 0. The molecule has 3 nitrogen and oxygen atoms in total. The van der Waals surface area contributed by atoms with Crippen LogP contribution >= 0.6 is 0 Å². The third kappa shape index (κ3) is 2.42. The number of benzene rings is 1. The van der Waals surface area contributed by atoms with Crippen molar-refractivity contribution >= 4 is 23.2 Å². The Bertz CT molecular complexity index is 952. The van der Waals surface area contributed by atoms with Gasteiger partial charge in [0.1, 0.15) is 0 Å². The van der Waals surface area contributed by atoms with Crippen LogP contribution in [0.25, 0.3) is 23.2 Å². The van der Waals surface area contributed by atoms with E-state index < -0.39 is 0 Å². The lowest BCUT2D eigenvalue weighted by Crippen LogP contribution is -2.31. The summed E-state index contributed by atoms with van der Waals surface area (Å²) < 4.78 is 2.43. The minimum Gasteiger partial charge on any atom is -0.320 e. The number of pyridine rings is 1. The molecule has 0 saturated carbocycles. The normalized spacial score (nSPS) is 20.3. The molecule has 126 valence electrons. The van der Waals surface area contributed by atoms with E-state index in [1.54, 1.807) is 5.56 Å². The number of aromatic nitrogens is 2. The molecule has 0 bridgehead atoms. The van der Waals surface area contributed by atoms with Gasteiger partial charge in [-0.25, -0.2) is 0 Å². The highest BCUT2D eigenvalue weighted by Gasteiger charge is 2.34. The second-order valence-electron chi connectivity index (χ2n) is 7.29. The Balaban J connectivity index is 1.70. The second-order valence-corrected chi connectivity index (χ2v) is 7.29. The maximum Gasteiger partial charge on any atom is 0.0529 e. The van der Waals surface area contributed by atoms with Gasteiger partial charge < -0.3 is 4.57 Å². The van der Waals surface area contributed by atoms with Crippen LogP contribution in [0.4, 0.5) is 0 Å². The fourth-order valence-electron chi connectivity index (χ4n) is 4.61. The van der Waals surface area contributed by atoms with E-state index in [0.717, 1.165) is 6.42 Å². The first-order chi connectivity index (χ1) is 12.3. The number of fused-ring (bicyclic) bond motifs is 5. The van der Waals surface area contributed by atoms with E-state index in [2.05, 4.69) is 64.0 Å². The molecule has 0 amide bonds. The minimum atomic E-state index is 0.614. The van der Waals surface area contributed by atoms with E-state index in [4.69, 9.17) is 0 Å². The van der Waals surface area contributed by atoms with E-state index in [9.17, 15) is 0 Å². The van der Waals surface area contributed by atoms with Gasteiger partial charge in [-0.15, -0.1) is 0 Å². The molecule has 1 atom stereocenters. The summed E-state index contributed by atoms with van der Waals surface area (Å²) in [6.07, 6.45) is 11.9. The van der Waals surface area contributed by atoms with Crippen LogP contribution in [0.1, 0.15) is 41.3 Å². The van der Waals surface area contributed by atoms with Crippen molar-refractivity contribution in [2.24, 2.45) is 0 Å². The third-order valence-electron chi connectivity index (χ3n) is 5.76. The van der Waals surface area contributed by atoms with Crippen molar-refractivity contribution in [2.75, 3.05) is 13.1 Å². The van der Waals surface area contributed by atoms with Crippen molar-refractivity contribution in [2.45, 2.75) is 32.2 Å². The van der Waals surface area contributed by atoms with Crippen molar-refractivity contribution in [3.05, 3.63) is 65.1 Å². The van der Waals surface area contributed by atoms with Gasteiger partial charge in [0.15, 0.2) is 0 Å². The number of hydrogen-bond acceptors (Lipinski definition) is 2. The van der Waals surface area contributed by atoms with Crippen LogP contribution in [0.3, 0.4) is 0 Å². The Morgan fingerprint density at radius 2 is 2.00 bits per heavy atom. The summed E-state index contributed by atoms with van der Waals surface area (Å²) in [7, 11) is 0. The van der Waals surface area contributed by atoms with Crippen LogP contribution in [0.15, 0.2) is 42.7 Å². The first-order valence-corrected chi connectivity index (χ1v) is 9.27. The van der Waals surface area contributed by atoms with E-state index in [0.29, 0.717) is 6.04 Å². The zero-order valence-corrected chi connectivity index (χ0v) is 14.7. The van der Waals surface area contributed by atoms with E-state index in [1.807, 2.05) is 12.4 Å². The number of aryl methyl sites for hydroxylation is 1. The zero-order valence-electron chi connectivity index (χ0n) is 14.7. The molecular formula is C22H23N3. The van der Waals surface area contributed by atoms with Crippen molar-refractivity contribution < 1.29 is 0 Å². The molecule has 2 aromatic heterocycles. The highest BCUT2D eigenvalue weighted by Crippen LogP contribution is 2.43. The molecule has 1 unspecified atom stereocenters. The summed E-state index contributed by atoms with van der Waals surface area (Å²) in [5, 5.41) is 1.45. The number of rotatable bonds is 2. The van der Waals surface area contributed by atoms with Gasteiger partial charge >= 0.3 is 0 Å². The molecule has 0 radical (unpaired) electrons. The predicted molar refractivity (Wildman–Crippen MR) is 103 cm³/mol. The Morgan fingerprint density at radius 3 is 2.88 bits per heavy atom. The van der Waals surface area contributed by atoms with Gasteiger partial charge in [0.25, 0.3) is 0 Å². The molecule has 0 N–H and O–H groups in total. The molecule has 3 heteroatoms. The molecule has 0 aliphatic carbocycles. The summed E-state index contributed by atoms with van der Waals surface area (Å²) in [5.41, 5.74) is 6.97. The van der Waals surface area contributed by atoms with Crippen LogP contribution in [0.2, 0.25) is 0 Å². The van der Waals surface area contributed by atoms with Gasteiger partial charge in [-0.2, -0.15) is 0 Å². The largest absolute Gasteiger partial charge is 0.320 e. The van der Waals surface area contributed by atoms with Gasteiger partial charge in [-0.1, -0.05) is 11.6 Å². The molecule has 3 aromatic rings. The van der Waals surface area contributed by atoms with Crippen LogP contribution < -0.4 is 0 Å². The second kappa shape index (κ2) is 5.85. The minimum absolute atomic E-state index is 0.614. The quantitative estimate of drug-likeness (QED) is 0.681. The SMILES string of the molecule is Cc1ccc2c(c1)c1c(n2/C=C/c2ccncc2)CCN2CCCC12. The first-order valence-electron chi connectivity index (χ1n) is 9.27. The molecule has 1 saturated heterocycles. The lowest BCUT2D eigenvalue weighted by atomic mass is 9.95. The van der Waals surface area contributed by atoms with Gasteiger partial charge in [0.2, 0.25) is 0 Å².